The van der Waals surface area contributed by atoms with Gasteiger partial charge in [-0.3, -0.25) is 0 Å². The van der Waals surface area contributed by atoms with Crippen LogP contribution in [-0.2, 0) is 10.0 Å². The molecule has 0 saturated heterocycles. The molecule has 3 aromatic carbocycles. The Labute approximate surface area is 163 Å². The zero-order chi connectivity index (χ0) is 19.4. The summed E-state index contributed by atoms with van der Waals surface area (Å²) >= 11 is 0. The third-order valence-electron chi connectivity index (χ3n) is 3.98. The Bertz CT molecular complexity index is 1160. The molecule has 1 aromatic heterocycles. The van der Waals surface area contributed by atoms with E-state index in [1.54, 1.807) is 36.4 Å². The number of hydrogen-bond acceptors (Lipinski definition) is 4. The normalized spacial score (nSPS) is 11.1. The van der Waals surface area contributed by atoms with E-state index in [0.29, 0.717) is 11.4 Å². The Morgan fingerprint density at radius 1 is 0.786 bits per heavy atom. The van der Waals surface area contributed by atoms with Gasteiger partial charge in [0.05, 0.1) is 10.6 Å². The van der Waals surface area contributed by atoms with Crippen LogP contribution >= 0.6 is 0 Å². The van der Waals surface area contributed by atoms with Crippen LogP contribution in [0.2, 0.25) is 0 Å². The smallest absolute Gasteiger partial charge is 0.276 e. The number of aromatic nitrogens is 2. The van der Waals surface area contributed by atoms with Crippen LogP contribution in [0, 0.1) is 0 Å². The Morgan fingerprint density at radius 3 is 2.00 bits per heavy atom. The monoisotopic (exact) mass is 391 g/mol. The number of nitrogens with zero attached hydrogens (tertiary/aromatic N) is 2. The molecule has 0 unspecified atom stereocenters. The molecule has 4 aromatic rings. The lowest BCUT2D eigenvalue weighted by atomic mass is 10.2. The van der Waals surface area contributed by atoms with Crippen LogP contribution in [0.5, 0.6) is 11.6 Å². The second-order valence-corrected chi connectivity index (χ2v) is 7.63. The van der Waals surface area contributed by atoms with Crippen LogP contribution in [0.4, 0.5) is 0 Å². The van der Waals surface area contributed by atoms with Crippen molar-refractivity contribution in [2.24, 2.45) is 0 Å². The zero-order valence-corrected chi connectivity index (χ0v) is 15.6. The van der Waals surface area contributed by atoms with Crippen LogP contribution in [-0.4, -0.2) is 18.3 Å². The quantitative estimate of drug-likeness (QED) is 0.533. The highest BCUT2D eigenvalue weighted by atomic mass is 32.2. The Kier molecular flexibility index (Phi) is 4.82. The molecular weight excluding hydrogens is 374 g/mol. The fourth-order valence-corrected chi connectivity index (χ4v) is 3.66. The van der Waals surface area contributed by atoms with Gasteiger partial charge in [-0.15, -0.1) is 5.10 Å². The molecule has 0 atom stereocenters. The lowest BCUT2D eigenvalue weighted by Gasteiger charge is -2.10. The van der Waals surface area contributed by atoms with Crippen molar-refractivity contribution >= 4 is 10.0 Å². The molecule has 7 heteroatoms. The number of nitrogens with one attached hydrogen (secondary N) is 1. The van der Waals surface area contributed by atoms with Crippen LogP contribution < -0.4 is 9.57 Å². The summed E-state index contributed by atoms with van der Waals surface area (Å²) < 4.78 is 31.3. The summed E-state index contributed by atoms with van der Waals surface area (Å²) in [6, 6.07) is 28.4. The van der Waals surface area contributed by atoms with Crippen molar-refractivity contribution in [3.63, 3.8) is 0 Å². The van der Waals surface area contributed by atoms with Crippen molar-refractivity contribution < 1.29 is 13.2 Å². The predicted molar refractivity (Wildman–Crippen MR) is 107 cm³/mol. The summed E-state index contributed by atoms with van der Waals surface area (Å²) in [6.45, 7) is 0. The van der Waals surface area contributed by atoms with Gasteiger partial charge in [0.15, 0.2) is 0 Å². The maximum absolute atomic E-state index is 12.7. The van der Waals surface area contributed by atoms with E-state index < -0.39 is 10.0 Å². The van der Waals surface area contributed by atoms with Gasteiger partial charge in [-0.1, -0.05) is 66.7 Å². The van der Waals surface area contributed by atoms with E-state index in [0.717, 1.165) is 5.56 Å². The number of rotatable bonds is 6. The van der Waals surface area contributed by atoms with Gasteiger partial charge in [0.2, 0.25) is 5.88 Å². The van der Waals surface area contributed by atoms with Crippen molar-refractivity contribution in [3.05, 3.63) is 97.1 Å². The largest absolute Gasteiger partial charge is 0.437 e. The van der Waals surface area contributed by atoms with Crippen molar-refractivity contribution in [3.8, 4) is 22.9 Å². The third kappa shape index (κ3) is 3.89. The first-order valence-corrected chi connectivity index (χ1v) is 10.1. The second-order valence-electron chi connectivity index (χ2n) is 5.97. The Balaban J connectivity index is 1.72. The van der Waals surface area contributed by atoms with Crippen LogP contribution in [0.15, 0.2) is 102 Å². The molecule has 0 aliphatic rings. The highest BCUT2D eigenvalue weighted by molar-refractivity contribution is 7.92. The number of hydrogen-bond donors (Lipinski definition) is 1. The molecule has 140 valence electrons. The Hall–Kier alpha value is -3.58. The first kappa shape index (κ1) is 17.8. The fraction of sp³-hybridized carbons (Fsp3) is 0. The summed E-state index contributed by atoms with van der Waals surface area (Å²) in [5, 5.41) is 4.30. The standard InChI is InChI=1S/C21H17N3O3S/c25-28(26,19-14-8-3-9-15-19)23-24-20(17-10-4-1-5-11-17)16-21(22-24)27-18-12-6-2-7-13-18/h1-16,23H. The van der Waals surface area contributed by atoms with E-state index in [-0.39, 0.29) is 10.8 Å². The average Bonchev–Trinajstić information content (AvgIpc) is 3.11. The van der Waals surface area contributed by atoms with E-state index in [4.69, 9.17) is 4.74 Å². The molecule has 4 rings (SSSR count). The highest BCUT2D eigenvalue weighted by Gasteiger charge is 2.18. The van der Waals surface area contributed by atoms with Crippen molar-refractivity contribution in [1.29, 1.82) is 0 Å². The van der Waals surface area contributed by atoms with Gasteiger partial charge in [0, 0.05) is 11.6 Å². The first-order chi connectivity index (χ1) is 13.6. The number of para-hydroxylation sites is 1. The van der Waals surface area contributed by atoms with Gasteiger partial charge in [-0.05, 0) is 24.3 Å². The van der Waals surface area contributed by atoms with Gasteiger partial charge in [-0.2, -0.15) is 18.0 Å². The molecule has 0 aliphatic heterocycles. The predicted octanol–water partition coefficient (Wildman–Crippen LogP) is 4.27. The molecule has 0 saturated carbocycles. The Morgan fingerprint density at radius 2 is 1.36 bits per heavy atom. The summed E-state index contributed by atoms with van der Waals surface area (Å²) in [5.74, 6) is 0.887. The molecule has 28 heavy (non-hydrogen) atoms. The van der Waals surface area contributed by atoms with Crippen LogP contribution in [0.1, 0.15) is 0 Å². The molecule has 6 nitrogen and oxygen atoms in total. The summed E-state index contributed by atoms with van der Waals surface area (Å²) in [4.78, 5) is 3.87. The van der Waals surface area contributed by atoms with Gasteiger partial charge < -0.3 is 4.74 Å². The van der Waals surface area contributed by atoms with Gasteiger partial charge in [0.25, 0.3) is 10.0 Å². The molecule has 0 aliphatic carbocycles. The van der Waals surface area contributed by atoms with Crippen molar-refractivity contribution in [1.82, 2.24) is 9.89 Å². The number of sulfonamides is 1. The topological polar surface area (TPSA) is 73.2 Å². The van der Waals surface area contributed by atoms with E-state index in [2.05, 4.69) is 9.93 Å². The molecular formula is C21H17N3O3S. The second kappa shape index (κ2) is 7.58. The fourth-order valence-electron chi connectivity index (χ4n) is 2.67. The molecule has 0 bridgehead atoms. The maximum atomic E-state index is 12.7. The SMILES string of the molecule is O=S(=O)(Nn1nc(Oc2ccccc2)cc1-c1ccccc1)c1ccccc1. The van der Waals surface area contributed by atoms with Gasteiger partial charge in [0.1, 0.15) is 5.75 Å². The lowest BCUT2D eigenvalue weighted by Crippen LogP contribution is -2.25. The minimum Gasteiger partial charge on any atom is -0.437 e. The minimum absolute atomic E-state index is 0.148. The van der Waals surface area contributed by atoms with Gasteiger partial charge >= 0.3 is 0 Å². The highest BCUT2D eigenvalue weighted by Crippen LogP contribution is 2.27. The number of ether oxygens (including phenoxy) is 1. The minimum atomic E-state index is -3.81. The van der Waals surface area contributed by atoms with Crippen molar-refractivity contribution in [2.75, 3.05) is 4.83 Å². The van der Waals surface area contributed by atoms with E-state index in [1.165, 1.54) is 16.9 Å². The molecule has 0 radical (unpaired) electrons. The lowest BCUT2D eigenvalue weighted by molar-refractivity contribution is 0.456. The first-order valence-electron chi connectivity index (χ1n) is 8.58. The molecule has 0 spiro atoms. The molecule has 1 N–H and O–H groups in total. The molecule has 0 amide bonds. The summed E-state index contributed by atoms with van der Waals surface area (Å²) in [6.07, 6.45) is 0. The molecule has 1 heterocycles. The summed E-state index contributed by atoms with van der Waals surface area (Å²) in [7, 11) is -3.81. The molecule has 0 fully saturated rings. The van der Waals surface area contributed by atoms with Crippen LogP contribution in [0.3, 0.4) is 0 Å². The van der Waals surface area contributed by atoms with E-state index >= 15 is 0 Å². The average molecular weight is 391 g/mol. The van der Waals surface area contributed by atoms with Gasteiger partial charge in [-0.25, -0.2) is 0 Å². The van der Waals surface area contributed by atoms with E-state index in [9.17, 15) is 8.42 Å². The maximum Gasteiger partial charge on any atom is 0.276 e. The third-order valence-corrected chi connectivity index (χ3v) is 5.29. The summed E-state index contributed by atoms with van der Waals surface area (Å²) in [5.41, 5.74) is 1.36. The van der Waals surface area contributed by atoms with Crippen molar-refractivity contribution in [2.45, 2.75) is 4.90 Å². The van der Waals surface area contributed by atoms with Crippen LogP contribution in [0.25, 0.3) is 11.3 Å². The number of benzene rings is 3. The zero-order valence-electron chi connectivity index (χ0n) is 14.8. The van der Waals surface area contributed by atoms with E-state index in [1.807, 2.05) is 48.5 Å².